The van der Waals surface area contributed by atoms with Gasteiger partial charge in [0.2, 0.25) is 11.8 Å². The average molecular weight is 393 g/mol. The summed E-state index contributed by atoms with van der Waals surface area (Å²) in [5.41, 5.74) is 0. The summed E-state index contributed by atoms with van der Waals surface area (Å²) in [6.45, 7) is 5.35. The van der Waals surface area contributed by atoms with Crippen LogP contribution in [0.25, 0.3) is 0 Å². The number of unbranched alkanes of at least 4 members (excludes halogenated alkanes) is 2. The van der Waals surface area contributed by atoms with Crippen molar-refractivity contribution in [1.82, 2.24) is 4.90 Å². The number of esters is 1. The number of carbonyl (C=O) groups is 4. The molecule has 0 spiro atoms. The van der Waals surface area contributed by atoms with E-state index in [4.69, 9.17) is 9.84 Å². The largest absolute Gasteiger partial charge is 0.481 e. The number of carbonyl (C=O) groups excluding carboxylic acids is 3. The molecule has 0 aromatic carbocycles. The van der Waals surface area contributed by atoms with Crippen LogP contribution in [0.1, 0.15) is 65.7 Å². The quantitative estimate of drug-likeness (QED) is 0.221. The Hall–Kier alpha value is -2.70. The van der Waals surface area contributed by atoms with Gasteiger partial charge >= 0.3 is 11.9 Å². The number of hydrogen-bond acceptors (Lipinski definition) is 5. The van der Waals surface area contributed by atoms with Crippen molar-refractivity contribution in [3.63, 3.8) is 0 Å². The molecular formula is C21H31NO6. The maximum Gasteiger partial charge on any atom is 0.334 e. The van der Waals surface area contributed by atoms with Crippen LogP contribution in [-0.4, -0.2) is 39.8 Å². The van der Waals surface area contributed by atoms with E-state index in [-0.39, 0.29) is 12.8 Å². The predicted octanol–water partition coefficient (Wildman–Crippen LogP) is 3.75. The number of imide groups is 1. The molecule has 0 bridgehead atoms. The SMILES string of the molecule is C/C=C/CCCC(=O)N(C(=O)CCC/C=C/C)C(CC(=O)O)C(=O)O/C=C/C. The molecule has 7 nitrogen and oxygen atoms in total. The van der Waals surface area contributed by atoms with Crippen LogP contribution >= 0.6 is 0 Å². The van der Waals surface area contributed by atoms with Gasteiger partial charge < -0.3 is 9.84 Å². The van der Waals surface area contributed by atoms with E-state index in [1.165, 1.54) is 6.08 Å². The first-order valence-corrected chi connectivity index (χ1v) is 9.49. The lowest BCUT2D eigenvalue weighted by molar-refractivity contribution is -0.161. The van der Waals surface area contributed by atoms with Crippen molar-refractivity contribution in [2.45, 2.75) is 71.8 Å². The third-order valence-corrected chi connectivity index (χ3v) is 3.80. The second-order valence-corrected chi connectivity index (χ2v) is 6.10. The predicted molar refractivity (Wildman–Crippen MR) is 106 cm³/mol. The van der Waals surface area contributed by atoms with Gasteiger partial charge in [-0.25, -0.2) is 4.79 Å². The summed E-state index contributed by atoms with van der Waals surface area (Å²) in [7, 11) is 0. The molecule has 1 N–H and O–H groups in total. The van der Waals surface area contributed by atoms with E-state index in [0.717, 1.165) is 11.2 Å². The van der Waals surface area contributed by atoms with E-state index in [2.05, 4.69) is 0 Å². The molecule has 156 valence electrons. The number of rotatable bonds is 13. The van der Waals surface area contributed by atoms with E-state index in [1.807, 2.05) is 38.2 Å². The zero-order valence-corrected chi connectivity index (χ0v) is 16.9. The summed E-state index contributed by atoms with van der Waals surface area (Å²) in [6.07, 6.45) is 11.7. The topological polar surface area (TPSA) is 101 Å². The summed E-state index contributed by atoms with van der Waals surface area (Å²) in [5, 5.41) is 9.17. The van der Waals surface area contributed by atoms with Gasteiger partial charge in [0, 0.05) is 12.8 Å². The van der Waals surface area contributed by atoms with Crippen LogP contribution in [0, 0.1) is 0 Å². The zero-order valence-electron chi connectivity index (χ0n) is 16.9. The van der Waals surface area contributed by atoms with E-state index >= 15 is 0 Å². The fraction of sp³-hybridized carbons (Fsp3) is 0.524. The van der Waals surface area contributed by atoms with Gasteiger partial charge in [0.25, 0.3) is 0 Å². The van der Waals surface area contributed by atoms with E-state index in [0.29, 0.717) is 25.7 Å². The van der Waals surface area contributed by atoms with Gasteiger partial charge in [0.05, 0.1) is 12.7 Å². The van der Waals surface area contributed by atoms with Crippen LogP contribution in [0.4, 0.5) is 0 Å². The molecule has 1 unspecified atom stereocenters. The minimum atomic E-state index is -1.49. The number of allylic oxidation sites excluding steroid dienone is 5. The Balaban J connectivity index is 5.49. The molecule has 0 aliphatic carbocycles. The van der Waals surface area contributed by atoms with Crippen molar-refractivity contribution in [2.75, 3.05) is 0 Å². The Kier molecular flexibility index (Phi) is 13.9. The van der Waals surface area contributed by atoms with Crippen molar-refractivity contribution < 1.29 is 29.0 Å². The first-order valence-electron chi connectivity index (χ1n) is 9.49. The van der Waals surface area contributed by atoms with Crippen molar-refractivity contribution in [2.24, 2.45) is 0 Å². The Morgan fingerprint density at radius 1 is 0.893 bits per heavy atom. The Bertz CT molecular complexity index is 576. The zero-order chi connectivity index (χ0) is 21.4. The number of carboxylic acid groups (broad SMARTS) is 1. The van der Waals surface area contributed by atoms with Crippen molar-refractivity contribution in [3.05, 3.63) is 36.6 Å². The molecule has 0 aliphatic heterocycles. The Morgan fingerprint density at radius 2 is 1.39 bits per heavy atom. The molecule has 1 atom stereocenters. The molecule has 0 heterocycles. The number of nitrogens with zero attached hydrogens (tertiary/aromatic N) is 1. The van der Waals surface area contributed by atoms with Crippen molar-refractivity contribution in [1.29, 1.82) is 0 Å². The summed E-state index contributed by atoms with van der Waals surface area (Å²) < 4.78 is 4.87. The number of carboxylic acids is 1. The lowest BCUT2D eigenvalue weighted by Gasteiger charge is -2.27. The monoisotopic (exact) mass is 393 g/mol. The molecule has 0 aromatic heterocycles. The summed E-state index contributed by atoms with van der Waals surface area (Å²) in [6, 6.07) is -1.49. The van der Waals surface area contributed by atoms with Gasteiger partial charge in [0.1, 0.15) is 6.04 Å². The summed E-state index contributed by atoms with van der Waals surface area (Å²) >= 11 is 0. The van der Waals surface area contributed by atoms with Crippen LogP contribution in [-0.2, 0) is 23.9 Å². The smallest absolute Gasteiger partial charge is 0.334 e. The molecule has 0 saturated carbocycles. The van der Waals surface area contributed by atoms with Crippen LogP contribution < -0.4 is 0 Å². The van der Waals surface area contributed by atoms with Crippen molar-refractivity contribution in [3.8, 4) is 0 Å². The Labute approximate surface area is 166 Å². The average Bonchev–Trinajstić information content (AvgIpc) is 2.65. The molecular weight excluding hydrogens is 362 g/mol. The second-order valence-electron chi connectivity index (χ2n) is 6.10. The van der Waals surface area contributed by atoms with Gasteiger partial charge in [-0.05, 0) is 46.5 Å². The van der Waals surface area contributed by atoms with Crippen LogP contribution in [0.15, 0.2) is 36.6 Å². The molecule has 0 aromatic rings. The highest BCUT2D eigenvalue weighted by molar-refractivity contribution is 6.00. The van der Waals surface area contributed by atoms with Gasteiger partial charge in [-0.15, -0.1) is 0 Å². The third-order valence-electron chi connectivity index (χ3n) is 3.80. The summed E-state index contributed by atoms with van der Waals surface area (Å²) in [4.78, 5) is 49.7. The fourth-order valence-corrected chi connectivity index (χ4v) is 2.46. The van der Waals surface area contributed by atoms with Crippen LogP contribution in [0.5, 0.6) is 0 Å². The normalized spacial score (nSPS) is 12.5. The molecule has 0 aliphatic rings. The minimum Gasteiger partial charge on any atom is -0.481 e. The minimum absolute atomic E-state index is 0.0396. The van der Waals surface area contributed by atoms with Crippen LogP contribution in [0.2, 0.25) is 0 Å². The van der Waals surface area contributed by atoms with E-state index < -0.39 is 36.2 Å². The maximum absolute atomic E-state index is 12.7. The van der Waals surface area contributed by atoms with Crippen molar-refractivity contribution >= 4 is 23.8 Å². The molecule has 0 radical (unpaired) electrons. The molecule has 2 amide bonds. The summed E-state index contributed by atoms with van der Waals surface area (Å²) in [5.74, 6) is -3.37. The third kappa shape index (κ3) is 10.4. The molecule has 0 fully saturated rings. The van der Waals surface area contributed by atoms with Crippen LogP contribution in [0.3, 0.4) is 0 Å². The van der Waals surface area contributed by atoms with E-state index in [9.17, 15) is 19.2 Å². The number of amides is 2. The lowest BCUT2D eigenvalue weighted by atomic mass is 10.1. The second kappa shape index (κ2) is 15.4. The maximum atomic E-state index is 12.7. The highest BCUT2D eigenvalue weighted by atomic mass is 16.5. The first kappa shape index (κ1) is 25.3. The fourth-order valence-electron chi connectivity index (χ4n) is 2.46. The Morgan fingerprint density at radius 3 is 1.79 bits per heavy atom. The van der Waals surface area contributed by atoms with E-state index in [1.54, 1.807) is 6.92 Å². The molecule has 28 heavy (non-hydrogen) atoms. The van der Waals surface area contributed by atoms with Gasteiger partial charge in [0.15, 0.2) is 0 Å². The van der Waals surface area contributed by atoms with Gasteiger partial charge in [-0.3, -0.25) is 19.3 Å². The lowest BCUT2D eigenvalue weighted by Crippen LogP contribution is -2.50. The highest BCUT2D eigenvalue weighted by Crippen LogP contribution is 2.15. The first-order chi connectivity index (χ1) is 13.4. The highest BCUT2D eigenvalue weighted by Gasteiger charge is 2.36. The standard InChI is InChI=1S/C21H31NO6/c1-4-7-9-11-13-18(23)22(19(24)14-12-10-8-5-2)17(16-20(25)26)21(27)28-15-6-3/h4-8,15,17H,9-14,16H2,1-3H3,(H,25,26)/b7-4+,8-5+,15-6+. The van der Waals surface area contributed by atoms with Gasteiger partial charge in [-0.1, -0.05) is 30.4 Å². The molecule has 0 saturated heterocycles. The number of ether oxygens (including phenoxy) is 1. The number of hydrogen-bond donors (Lipinski definition) is 1. The van der Waals surface area contributed by atoms with Gasteiger partial charge in [-0.2, -0.15) is 0 Å². The molecule has 0 rings (SSSR count). The number of aliphatic carboxylic acids is 1. The molecule has 7 heteroatoms.